The molecule has 0 unspecified atom stereocenters. The van der Waals surface area contributed by atoms with Crippen LogP contribution >= 0.6 is 23.2 Å². The third-order valence-electron chi connectivity index (χ3n) is 2.25. The lowest BCUT2D eigenvalue weighted by Gasteiger charge is -1.94. The van der Waals surface area contributed by atoms with Gasteiger partial charge in [-0.15, -0.1) is 0 Å². The zero-order valence-corrected chi connectivity index (χ0v) is 12.4. The summed E-state index contributed by atoms with van der Waals surface area (Å²) in [5, 5.41) is 8.99. The normalized spacial score (nSPS) is 9.15. The minimum atomic E-state index is 0.273. The number of hydrogen-bond donors (Lipinski definition) is 0. The first-order chi connectivity index (χ1) is 9.47. The fourth-order valence-corrected chi connectivity index (χ4v) is 1.71. The number of nitriles is 1. The Morgan fingerprint density at radius 2 is 1.60 bits per heavy atom. The molecule has 0 amide bonds. The molecule has 0 saturated carbocycles. The Morgan fingerprint density at radius 3 is 2.05 bits per heavy atom. The average molecular weight is 308 g/mol. The summed E-state index contributed by atoms with van der Waals surface area (Å²) in [4.78, 5) is 18.0. The SMILES string of the molecule is Cc1ccc(C#N)c(Cl)n1.Cc1ccc(C=O)c(Cl)n1. The minimum absolute atomic E-state index is 0.273. The van der Waals surface area contributed by atoms with Crippen LogP contribution in [-0.2, 0) is 0 Å². The molecule has 102 valence electrons. The Kier molecular flexibility index (Phi) is 6.10. The first-order valence-corrected chi connectivity index (χ1v) is 6.35. The number of aryl methyl sites for hydroxylation is 2. The van der Waals surface area contributed by atoms with E-state index in [1.165, 1.54) is 0 Å². The van der Waals surface area contributed by atoms with Gasteiger partial charge in [0.2, 0.25) is 0 Å². The van der Waals surface area contributed by atoms with Gasteiger partial charge in [-0.25, -0.2) is 9.97 Å². The Bertz CT molecular complexity index is 666. The molecule has 0 aliphatic carbocycles. The highest BCUT2D eigenvalue weighted by Crippen LogP contribution is 2.11. The topological polar surface area (TPSA) is 66.6 Å². The molecular weight excluding hydrogens is 297 g/mol. The molecular formula is C14H11Cl2N3O. The second-order valence-electron chi connectivity index (χ2n) is 3.85. The van der Waals surface area contributed by atoms with Gasteiger partial charge in [0.1, 0.15) is 16.4 Å². The van der Waals surface area contributed by atoms with Crippen LogP contribution in [0.1, 0.15) is 27.3 Å². The van der Waals surface area contributed by atoms with Gasteiger partial charge in [-0.3, -0.25) is 4.79 Å². The molecule has 2 rings (SSSR count). The molecule has 0 spiro atoms. The predicted octanol–water partition coefficient (Wildman–Crippen LogP) is 3.77. The second kappa shape index (κ2) is 7.59. The molecule has 2 heterocycles. The molecule has 0 fully saturated rings. The van der Waals surface area contributed by atoms with Crippen molar-refractivity contribution in [3.05, 3.63) is 57.1 Å². The van der Waals surface area contributed by atoms with Crippen LogP contribution in [-0.4, -0.2) is 16.3 Å². The fourth-order valence-electron chi connectivity index (χ4n) is 1.23. The molecule has 0 radical (unpaired) electrons. The van der Waals surface area contributed by atoms with E-state index >= 15 is 0 Å². The summed E-state index contributed by atoms with van der Waals surface area (Å²) in [5.41, 5.74) is 2.50. The summed E-state index contributed by atoms with van der Waals surface area (Å²) in [7, 11) is 0. The van der Waals surface area contributed by atoms with Crippen LogP contribution in [0, 0.1) is 25.2 Å². The number of halogens is 2. The number of pyridine rings is 2. The Labute approximate surface area is 127 Å². The van der Waals surface area contributed by atoms with E-state index in [0.29, 0.717) is 17.4 Å². The predicted molar refractivity (Wildman–Crippen MR) is 78.1 cm³/mol. The lowest BCUT2D eigenvalue weighted by Crippen LogP contribution is -1.87. The molecule has 0 aromatic carbocycles. The number of rotatable bonds is 1. The van der Waals surface area contributed by atoms with E-state index in [1.54, 1.807) is 24.3 Å². The maximum Gasteiger partial charge on any atom is 0.153 e. The van der Waals surface area contributed by atoms with Gasteiger partial charge in [0.25, 0.3) is 0 Å². The lowest BCUT2D eigenvalue weighted by molar-refractivity contribution is 0.112. The van der Waals surface area contributed by atoms with E-state index in [-0.39, 0.29) is 10.3 Å². The van der Waals surface area contributed by atoms with Crippen molar-refractivity contribution >= 4 is 29.5 Å². The monoisotopic (exact) mass is 307 g/mol. The summed E-state index contributed by atoms with van der Waals surface area (Å²) in [6.45, 7) is 3.65. The van der Waals surface area contributed by atoms with Gasteiger partial charge in [0.15, 0.2) is 6.29 Å². The molecule has 2 aromatic heterocycles. The first-order valence-electron chi connectivity index (χ1n) is 5.59. The van der Waals surface area contributed by atoms with Crippen molar-refractivity contribution in [2.75, 3.05) is 0 Å². The Morgan fingerprint density at radius 1 is 1.05 bits per heavy atom. The van der Waals surface area contributed by atoms with Crippen LogP contribution < -0.4 is 0 Å². The number of hydrogen-bond acceptors (Lipinski definition) is 4. The molecule has 0 atom stereocenters. The van der Waals surface area contributed by atoms with Crippen molar-refractivity contribution in [2.24, 2.45) is 0 Å². The molecule has 0 N–H and O–H groups in total. The van der Waals surface area contributed by atoms with Gasteiger partial charge in [0, 0.05) is 11.4 Å². The van der Waals surface area contributed by atoms with Gasteiger partial charge in [-0.05, 0) is 38.1 Å². The number of nitrogens with zero attached hydrogens (tertiary/aromatic N) is 3. The number of aromatic nitrogens is 2. The summed E-state index contributed by atoms with van der Waals surface area (Å²) >= 11 is 11.2. The van der Waals surface area contributed by atoms with E-state index in [9.17, 15) is 4.79 Å². The highest BCUT2D eigenvalue weighted by Gasteiger charge is 1.98. The highest BCUT2D eigenvalue weighted by atomic mass is 35.5. The molecule has 6 heteroatoms. The summed E-state index contributed by atoms with van der Waals surface area (Å²) in [5.74, 6) is 0. The number of aldehydes is 1. The summed E-state index contributed by atoms with van der Waals surface area (Å²) in [6.07, 6.45) is 0.689. The number of carbonyl (C=O) groups excluding carboxylic acids is 1. The van der Waals surface area contributed by atoms with Gasteiger partial charge in [-0.1, -0.05) is 23.2 Å². The minimum Gasteiger partial charge on any atom is -0.298 e. The van der Waals surface area contributed by atoms with E-state index in [4.69, 9.17) is 28.5 Å². The third kappa shape index (κ3) is 4.61. The molecule has 20 heavy (non-hydrogen) atoms. The average Bonchev–Trinajstić information content (AvgIpc) is 2.40. The maximum absolute atomic E-state index is 10.2. The van der Waals surface area contributed by atoms with Gasteiger partial charge >= 0.3 is 0 Å². The van der Waals surface area contributed by atoms with Crippen molar-refractivity contribution < 1.29 is 4.79 Å². The lowest BCUT2D eigenvalue weighted by atomic mass is 10.3. The largest absolute Gasteiger partial charge is 0.298 e. The van der Waals surface area contributed by atoms with E-state index in [1.807, 2.05) is 19.9 Å². The summed E-state index contributed by atoms with van der Waals surface area (Å²) < 4.78 is 0. The van der Waals surface area contributed by atoms with E-state index < -0.39 is 0 Å². The number of carbonyl (C=O) groups is 1. The molecule has 0 saturated heterocycles. The van der Waals surface area contributed by atoms with E-state index in [0.717, 1.165) is 11.4 Å². The highest BCUT2D eigenvalue weighted by molar-refractivity contribution is 6.31. The van der Waals surface area contributed by atoms with Crippen LogP contribution in [0.15, 0.2) is 24.3 Å². The molecule has 4 nitrogen and oxygen atoms in total. The zero-order valence-electron chi connectivity index (χ0n) is 10.9. The molecule has 2 aromatic rings. The van der Waals surface area contributed by atoms with Crippen LogP contribution in [0.3, 0.4) is 0 Å². The van der Waals surface area contributed by atoms with Gasteiger partial charge in [-0.2, -0.15) is 5.26 Å². The molecule has 0 bridgehead atoms. The quantitative estimate of drug-likeness (QED) is 0.594. The smallest absolute Gasteiger partial charge is 0.153 e. The van der Waals surface area contributed by atoms with Gasteiger partial charge in [0.05, 0.1) is 11.1 Å². The summed E-state index contributed by atoms with van der Waals surface area (Å²) in [6, 6.07) is 8.74. The fraction of sp³-hybridized carbons (Fsp3) is 0.143. The van der Waals surface area contributed by atoms with Crippen molar-refractivity contribution in [1.82, 2.24) is 9.97 Å². The molecule has 0 aliphatic rings. The zero-order chi connectivity index (χ0) is 15.1. The van der Waals surface area contributed by atoms with Crippen molar-refractivity contribution in [2.45, 2.75) is 13.8 Å². The first kappa shape index (κ1) is 16.1. The Hall–Kier alpha value is -1.96. The van der Waals surface area contributed by atoms with Crippen molar-refractivity contribution in [3.63, 3.8) is 0 Å². The van der Waals surface area contributed by atoms with Crippen LogP contribution in [0.2, 0.25) is 10.3 Å². The maximum atomic E-state index is 10.2. The van der Waals surface area contributed by atoms with Crippen LogP contribution in [0.5, 0.6) is 0 Å². The molecule has 0 aliphatic heterocycles. The van der Waals surface area contributed by atoms with Crippen LogP contribution in [0.4, 0.5) is 0 Å². The third-order valence-corrected chi connectivity index (χ3v) is 2.84. The Balaban J connectivity index is 0.000000200. The van der Waals surface area contributed by atoms with Crippen LogP contribution in [0.25, 0.3) is 0 Å². The van der Waals surface area contributed by atoms with Crippen molar-refractivity contribution in [1.29, 1.82) is 5.26 Å². The standard InChI is InChI=1S/C7H5ClN2.C7H6ClNO/c1-5-2-3-6(4-9)7(8)10-5;1-5-2-3-6(4-10)7(8)9-5/h2-3H,1H3;2-4H,1H3. The second-order valence-corrected chi connectivity index (χ2v) is 4.57. The van der Waals surface area contributed by atoms with Gasteiger partial charge < -0.3 is 0 Å². The van der Waals surface area contributed by atoms with Crippen molar-refractivity contribution in [3.8, 4) is 6.07 Å². The van der Waals surface area contributed by atoms with E-state index in [2.05, 4.69) is 9.97 Å².